The lowest BCUT2D eigenvalue weighted by Crippen LogP contribution is -2.36. The van der Waals surface area contributed by atoms with Gasteiger partial charge in [-0.1, -0.05) is 6.42 Å². The van der Waals surface area contributed by atoms with Crippen LogP contribution < -0.4 is 0 Å². The summed E-state index contributed by atoms with van der Waals surface area (Å²) in [4.78, 5) is 6.19. The van der Waals surface area contributed by atoms with Gasteiger partial charge in [-0.15, -0.1) is 0 Å². The van der Waals surface area contributed by atoms with Crippen molar-refractivity contribution < 1.29 is 13.2 Å². The summed E-state index contributed by atoms with van der Waals surface area (Å²) in [5, 5.41) is 0. The van der Waals surface area contributed by atoms with Crippen LogP contribution in [-0.2, 0) is 12.7 Å². The fraction of sp³-hybridized carbons (Fsp3) is 0.615. The molecule has 2 rings (SSSR count). The van der Waals surface area contributed by atoms with Crippen molar-refractivity contribution in [3.63, 3.8) is 0 Å². The summed E-state index contributed by atoms with van der Waals surface area (Å²) in [6.45, 7) is 3.80. The number of nitrogens with zero attached hydrogens (tertiary/aromatic N) is 2. The Bertz CT molecular complexity index is 386. The summed E-state index contributed by atoms with van der Waals surface area (Å²) in [7, 11) is 0. The van der Waals surface area contributed by atoms with Crippen molar-refractivity contribution in [2.75, 3.05) is 6.54 Å². The van der Waals surface area contributed by atoms with Crippen molar-refractivity contribution in [3.05, 3.63) is 29.6 Å². The molecule has 100 valence electrons. The lowest BCUT2D eigenvalue weighted by Gasteiger charge is -2.32. The van der Waals surface area contributed by atoms with Crippen LogP contribution in [-0.4, -0.2) is 22.5 Å². The maximum absolute atomic E-state index is 12.4. The highest BCUT2D eigenvalue weighted by Gasteiger charge is 2.30. The van der Waals surface area contributed by atoms with E-state index in [0.717, 1.165) is 31.6 Å². The second kappa shape index (κ2) is 5.26. The van der Waals surface area contributed by atoms with Crippen LogP contribution in [0.3, 0.4) is 0 Å². The summed E-state index contributed by atoms with van der Waals surface area (Å²) in [6.07, 6.45) is 0.164. The molecule has 5 heteroatoms. The predicted octanol–water partition coefficient (Wildman–Crippen LogP) is 3.47. The summed E-state index contributed by atoms with van der Waals surface area (Å²) in [6, 6.07) is 3.07. The quantitative estimate of drug-likeness (QED) is 0.807. The van der Waals surface area contributed by atoms with Gasteiger partial charge in [-0.3, -0.25) is 9.88 Å². The molecule has 0 saturated carbocycles. The number of aromatic nitrogens is 1. The third kappa shape index (κ3) is 3.22. The highest BCUT2D eigenvalue weighted by Crippen LogP contribution is 2.28. The third-order valence-corrected chi connectivity index (χ3v) is 3.46. The minimum atomic E-state index is -4.30. The minimum absolute atomic E-state index is 0.489. The first-order valence-electron chi connectivity index (χ1n) is 6.23. The molecule has 2 nitrogen and oxygen atoms in total. The Balaban J connectivity index is 2.02. The maximum atomic E-state index is 12.4. The summed E-state index contributed by atoms with van der Waals surface area (Å²) < 4.78 is 37.2. The van der Waals surface area contributed by atoms with Crippen molar-refractivity contribution in [3.8, 4) is 0 Å². The molecule has 0 bridgehead atoms. The first-order chi connectivity index (χ1) is 8.47. The lowest BCUT2D eigenvalue weighted by molar-refractivity contribution is -0.137. The number of hydrogen-bond acceptors (Lipinski definition) is 2. The molecule has 0 aliphatic carbocycles. The van der Waals surface area contributed by atoms with Crippen LogP contribution >= 0.6 is 0 Å². The fourth-order valence-electron chi connectivity index (χ4n) is 2.29. The summed E-state index contributed by atoms with van der Waals surface area (Å²) in [5.41, 5.74) is 0.0229. The van der Waals surface area contributed by atoms with E-state index in [1.807, 2.05) is 0 Å². The number of halogens is 3. The van der Waals surface area contributed by atoms with Crippen LogP contribution in [0.5, 0.6) is 0 Å². The minimum Gasteiger partial charge on any atom is -0.295 e. The van der Waals surface area contributed by atoms with E-state index in [9.17, 15) is 13.2 Å². The van der Waals surface area contributed by atoms with E-state index in [2.05, 4.69) is 16.8 Å². The van der Waals surface area contributed by atoms with E-state index in [4.69, 9.17) is 0 Å². The Labute approximate surface area is 105 Å². The Kier molecular flexibility index (Phi) is 3.90. The number of rotatable bonds is 2. The predicted molar refractivity (Wildman–Crippen MR) is 63.0 cm³/mol. The molecule has 0 amide bonds. The molecule has 1 atom stereocenters. The normalized spacial score (nSPS) is 22.1. The standard InChI is InChI=1S/C13H17F3N2/c1-10-4-2-3-7-18(10)9-12-6-5-11(8-17-12)13(14,15)16/h5-6,8,10H,2-4,7,9H2,1H3. The monoisotopic (exact) mass is 258 g/mol. The molecule has 0 N–H and O–H groups in total. The maximum Gasteiger partial charge on any atom is 0.417 e. The van der Waals surface area contributed by atoms with E-state index in [1.165, 1.54) is 12.5 Å². The van der Waals surface area contributed by atoms with Gasteiger partial charge in [0.25, 0.3) is 0 Å². The zero-order valence-electron chi connectivity index (χ0n) is 10.4. The van der Waals surface area contributed by atoms with Gasteiger partial charge in [0, 0.05) is 18.8 Å². The van der Waals surface area contributed by atoms with E-state index in [0.29, 0.717) is 18.3 Å². The van der Waals surface area contributed by atoms with Crippen molar-refractivity contribution in [1.82, 2.24) is 9.88 Å². The molecule has 1 fully saturated rings. The highest BCUT2D eigenvalue weighted by molar-refractivity contribution is 5.17. The number of alkyl halides is 3. The molecule has 1 saturated heterocycles. The Morgan fingerprint density at radius 3 is 2.67 bits per heavy atom. The first-order valence-corrected chi connectivity index (χ1v) is 6.23. The number of hydrogen-bond donors (Lipinski definition) is 0. The first kappa shape index (κ1) is 13.3. The molecule has 1 aromatic heterocycles. The highest BCUT2D eigenvalue weighted by atomic mass is 19.4. The molecule has 1 aromatic rings. The summed E-state index contributed by atoms with van der Waals surface area (Å²) >= 11 is 0. The van der Waals surface area contributed by atoms with Gasteiger partial charge in [-0.05, 0) is 38.4 Å². The average Bonchev–Trinajstić information content (AvgIpc) is 2.32. The number of piperidine rings is 1. The van der Waals surface area contributed by atoms with Gasteiger partial charge in [-0.25, -0.2) is 0 Å². The molecule has 0 spiro atoms. The second-order valence-corrected chi connectivity index (χ2v) is 4.85. The van der Waals surface area contributed by atoms with Gasteiger partial charge in [-0.2, -0.15) is 13.2 Å². The van der Waals surface area contributed by atoms with Crippen LogP contribution in [0.1, 0.15) is 37.4 Å². The molecule has 1 aliphatic rings. The van der Waals surface area contributed by atoms with Gasteiger partial charge < -0.3 is 0 Å². The van der Waals surface area contributed by atoms with Crippen molar-refractivity contribution >= 4 is 0 Å². The molecule has 2 heterocycles. The molecule has 0 radical (unpaired) electrons. The fourth-order valence-corrected chi connectivity index (χ4v) is 2.29. The molecule has 18 heavy (non-hydrogen) atoms. The molecule has 1 aliphatic heterocycles. The van der Waals surface area contributed by atoms with Gasteiger partial charge in [0.15, 0.2) is 0 Å². The van der Waals surface area contributed by atoms with E-state index < -0.39 is 11.7 Å². The Morgan fingerprint density at radius 2 is 2.11 bits per heavy atom. The van der Waals surface area contributed by atoms with E-state index in [-0.39, 0.29) is 0 Å². The van der Waals surface area contributed by atoms with Crippen LogP contribution in [0.4, 0.5) is 13.2 Å². The van der Waals surface area contributed by atoms with Crippen LogP contribution in [0.15, 0.2) is 18.3 Å². The smallest absolute Gasteiger partial charge is 0.295 e. The average molecular weight is 258 g/mol. The van der Waals surface area contributed by atoms with Crippen molar-refractivity contribution in [2.24, 2.45) is 0 Å². The molecular formula is C13H17F3N2. The zero-order chi connectivity index (χ0) is 13.2. The van der Waals surface area contributed by atoms with Gasteiger partial charge >= 0.3 is 6.18 Å². The topological polar surface area (TPSA) is 16.1 Å². The number of pyridine rings is 1. The molecule has 0 aromatic carbocycles. The second-order valence-electron chi connectivity index (χ2n) is 4.85. The Hall–Kier alpha value is -1.10. The van der Waals surface area contributed by atoms with Crippen LogP contribution in [0, 0.1) is 0 Å². The van der Waals surface area contributed by atoms with Crippen molar-refractivity contribution in [1.29, 1.82) is 0 Å². The van der Waals surface area contributed by atoms with E-state index in [1.54, 1.807) is 0 Å². The molecular weight excluding hydrogens is 241 g/mol. The van der Waals surface area contributed by atoms with Crippen LogP contribution in [0.2, 0.25) is 0 Å². The zero-order valence-corrected chi connectivity index (χ0v) is 10.4. The largest absolute Gasteiger partial charge is 0.417 e. The Morgan fingerprint density at radius 1 is 1.33 bits per heavy atom. The lowest BCUT2D eigenvalue weighted by atomic mass is 10.0. The number of likely N-dealkylation sites (tertiary alicyclic amines) is 1. The SMILES string of the molecule is CC1CCCCN1Cc1ccc(C(F)(F)F)cn1. The van der Waals surface area contributed by atoms with Crippen molar-refractivity contribution in [2.45, 2.75) is 44.9 Å². The van der Waals surface area contributed by atoms with Gasteiger partial charge in [0.1, 0.15) is 0 Å². The third-order valence-electron chi connectivity index (χ3n) is 3.46. The van der Waals surface area contributed by atoms with Gasteiger partial charge in [0.2, 0.25) is 0 Å². The van der Waals surface area contributed by atoms with Crippen LogP contribution in [0.25, 0.3) is 0 Å². The van der Waals surface area contributed by atoms with E-state index >= 15 is 0 Å². The van der Waals surface area contributed by atoms with Gasteiger partial charge in [0.05, 0.1) is 11.3 Å². The molecule has 1 unspecified atom stereocenters. The summed E-state index contributed by atoms with van der Waals surface area (Å²) in [5.74, 6) is 0.